The molecule has 1 N–H and O–H groups in total. The third-order valence-corrected chi connectivity index (χ3v) is 3.45. The quantitative estimate of drug-likeness (QED) is 0.654. The number of ether oxygens (including phenoxy) is 1. The zero-order valence-electron chi connectivity index (χ0n) is 13.3. The third-order valence-electron chi connectivity index (χ3n) is 3.45. The highest BCUT2D eigenvalue weighted by molar-refractivity contribution is 5.97. The Kier molecular flexibility index (Phi) is 6.60. The molecule has 24 heavy (non-hydrogen) atoms. The number of alkyl carbamates (subject to hydrolysis) is 1. The summed E-state index contributed by atoms with van der Waals surface area (Å²) < 4.78 is 4.97. The van der Waals surface area contributed by atoms with Gasteiger partial charge >= 0.3 is 6.09 Å². The summed E-state index contributed by atoms with van der Waals surface area (Å²) in [5.74, 6) is 1.46. The van der Waals surface area contributed by atoms with E-state index in [9.17, 15) is 9.59 Å². The third kappa shape index (κ3) is 4.99. The predicted molar refractivity (Wildman–Crippen MR) is 92.3 cm³/mol. The molecule has 0 aromatic heterocycles. The average molecular weight is 321 g/mol. The molecule has 2 amide bonds. The topological polar surface area (TPSA) is 55.4 Å². The van der Waals surface area contributed by atoms with Crippen LogP contribution in [0, 0.1) is 12.3 Å². The van der Waals surface area contributed by atoms with Crippen LogP contribution in [0.2, 0.25) is 0 Å². The van der Waals surface area contributed by atoms with Crippen molar-refractivity contribution >= 4 is 12.0 Å². The molecule has 4 nitrogen and oxygen atoms in total. The van der Waals surface area contributed by atoms with E-state index in [0.29, 0.717) is 12.8 Å². The molecule has 0 unspecified atom stereocenters. The van der Waals surface area contributed by atoms with Crippen LogP contribution in [0.25, 0.3) is 0 Å². The van der Waals surface area contributed by atoms with Crippen molar-refractivity contribution in [1.82, 2.24) is 5.32 Å². The number of benzene rings is 2. The molecule has 0 atom stereocenters. The molecule has 2 rings (SSSR count). The van der Waals surface area contributed by atoms with E-state index in [4.69, 9.17) is 11.2 Å². The molecule has 0 bridgehead atoms. The van der Waals surface area contributed by atoms with Crippen molar-refractivity contribution < 1.29 is 14.3 Å². The Morgan fingerprint density at radius 1 is 1.00 bits per heavy atom. The van der Waals surface area contributed by atoms with Gasteiger partial charge in [-0.2, -0.15) is 0 Å². The number of imide groups is 1. The zero-order chi connectivity index (χ0) is 17.2. The van der Waals surface area contributed by atoms with Crippen LogP contribution in [-0.2, 0) is 9.53 Å². The zero-order valence-corrected chi connectivity index (χ0v) is 13.3. The summed E-state index contributed by atoms with van der Waals surface area (Å²) in [5.41, 5.74) is 1.61. The van der Waals surface area contributed by atoms with Gasteiger partial charge < -0.3 is 4.74 Å². The van der Waals surface area contributed by atoms with Crippen molar-refractivity contribution in [3.63, 3.8) is 0 Å². The number of terminal acetylenes is 1. The van der Waals surface area contributed by atoms with Crippen LogP contribution >= 0.6 is 0 Å². The monoisotopic (exact) mass is 321 g/mol. The summed E-state index contributed by atoms with van der Waals surface area (Å²) in [7, 11) is 0. The summed E-state index contributed by atoms with van der Waals surface area (Å²) in [6.45, 7) is 0.185. The van der Waals surface area contributed by atoms with Crippen molar-refractivity contribution in [2.24, 2.45) is 0 Å². The van der Waals surface area contributed by atoms with Gasteiger partial charge in [0, 0.05) is 6.42 Å². The van der Waals surface area contributed by atoms with Gasteiger partial charge in [-0.1, -0.05) is 60.7 Å². The molecular weight excluding hydrogens is 302 g/mol. The SMILES string of the molecule is C#CCCCOC(=O)NC(=O)C(c1ccccc1)c1ccccc1. The number of carbonyl (C=O) groups excluding carboxylic acids is 2. The first-order valence-corrected chi connectivity index (χ1v) is 7.73. The standard InChI is InChI=1S/C20H19NO3/c1-2-3-10-15-24-20(23)21-19(22)18(16-11-6-4-7-12-16)17-13-8-5-9-14-17/h1,4-9,11-14,18H,3,10,15H2,(H,21,22,23). The van der Waals surface area contributed by atoms with Crippen molar-refractivity contribution in [3.8, 4) is 12.3 Å². The summed E-state index contributed by atoms with van der Waals surface area (Å²) in [5, 5.41) is 2.30. The Morgan fingerprint density at radius 3 is 2.04 bits per heavy atom. The van der Waals surface area contributed by atoms with Gasteiger partial charge in [0.15, 0.2) is 0 Å². The molecule has 2 aromatic carbocycles. The first-order valence-electron chi connectivity index (χ1n) is 7.73. The molecule has 0 saturated heterocycles. The Labute approximate surface area is 141 Å². The highest BCUT2D eigenvalue weighted by atomic mass is 16.5. The summed E-state index contributed by atoms with van der Waals surface area (Å²) in [4.78, 5) is 24.4. The molecule has 0 spiro atoms. The van der Waals surface area contributed by atoms with Gasteiger partial charge in [0.2, 0.25) is 5.91 Å². The van der Waals surface area contributed by atoms with E-state index in [1.165, 1.54) is 0 Å². The van der Waals surface area contributed by atoms with E-state index < -0.39 is 17.9 Å². The van der Waals surface area contributed by atoms with E-state index >= 15 is 0 Å². The number of hydrogen-bond acceptors (Lipinski definition) is 3. The second kappa shape index (κ2) is 9.16. The first-order chi connectivity index (χ1) is 11.7. The van der Waals surface area contributed by atoms with Gasteiger partial charge in [0.25, 0.3) is 0 Å². The maximum absolute atomic E-state index is 12.6. The van der Waals surface area contributed by atoms with Crippen molar-refractivity contribution in [2.45, 2.75) is 18.8 Å². The highest BCUT2D eigenvalue weighted by Crippen LogP contribution is 2.24. The number of amides is 2. The maximum Gasteiger partial charge on any atom is 0.413 e. The molecule has 0 aliphatic carbocycles. The molecule has 0 fully saturated rings. The van der Waals surface area contributed by atoms with E-state index in [1.807, 2.05) is 60.7 Å². The summed E-state index contributed by atoms with van der Waals surface area (Å²) in [6.07, 6.45) is 5.47. The second-order valence-corrected chi connectivity index (χ2v) is 5.19. The van der Waals surface area contributed by atoms with Crippen LogP contribution in [0.15, 0.2) is 60.7 Å². The Hall–Kier alpha value is -3.06. The van der Waals surface area contributed by atoms with Gasteiger partial charge in [-0.05, 0) is 17.5 Å². The smallest absolute Gasteiger partial charge is 0.413 e. The highest BCUT2D eigenvalue weighted by Gasteiger charge is 2.24. The first kappa shape index (κ1) is 17.3. The lowest BCUT2D eigenvalue weighted by atomic mass is 9.90. The van der Waals surface area contributed by atoms with Crippen molar-refractivity contribution in [1.29, 1.82) is 0 Å². The lowest BCUT2D eigenvalue weighted by molar-refractivity contribution is -0.121. The van der Waals surface area contributed by atoms with Crippen LogP contribution in [-0.4, -0.2) is 18.6 Å². The number of rotatable bonds is 6. The normalized spacial score (nSPS) is 10.0. The minimum absolute atomic E-state index is 0.185. The van der Waals surface area contributed by atoms with Gasteiger partial charge in [-0.3, -0.25) is 10.1 Å². The summed E-state index contributed by atoms with van der Waals surface area (Å²) >= 11 is 0. The van der Waals surface area contributed by atoms with Crippen LogP contribution in [0.4, 0.5) is 4.79 Å². The minimum atomic E-state index is -0.756. The fourth-order valence-corrected chi connectivity index (χ4v) is 2.33. The molecule has 0 aliphatic heterocycles. The fourth-order valence-electron chi connectivity index (χ4n) is 2.33. The molecular formula is C20H19NO3. The molecule has 0 radical (unpaired) electrons. The second-order valence-electron chi connectivity index (χ2n) is 5.19. The van der Waals surface area contributed by atoms with Gasteiger partial charge in [0.1, 0.15) is 0 Å². The molecule has 2 aromatic rings. The van der Waals surface area contributed by atoms with E-state index in [2.05, 4.69) is 11.2 Å². The van der Waals surface area contributed by atoms with Gasteiger partial charge in [0.05, 0.1) is 12.5 Å². The Bertz CT molecular complexity index is 665. The van der Waals surface area contributed by atoms with Gasteiger partial charge in [-0.15, -0.1) is 12.3 Å². The van der Waals surface area contributed by atoms with Gasteiger partial charge in [-0.25, -0.2) is 4.79 Å². The molecule has 0 aliphatic rings. The lowest BCUT2D eigenvalue weighted by Gasteiger charge is -2.17. The molecule has 0 heterocycles. The van der Waals surface area contributed by atoms with Crippen molar-refractivity contribution in [3.05, 3.63) is 71.8 Å². The Balaban J connectivity index is 2.09. The van der Waals surface area contributed by atoms with E-state index in [-0.39, 0.29) is 6.61 Å². The van der Waals surface area contributed by atoms with E-state index in [1.54, 1.807) is 0 Å². The van der Waals surface area contributed by atoms with Crippen LogP contribution in [0.1, 0.15) is 29.9 Å². The molecule has 122 valence electrons. The summed E-state index contributed by atoms with van der Waals surface area (Å²) in [6, 6.07) is 18.6. The predicted octanol–water partition coefficient (Wildman–Crippen LogP) is 3.48. The number of hydrogen-bond donors (Lipinski definition) is 1. The number of nitrogens with one attached hydrogen (secondary N) is 1. The van der Waals surface area contributed by atoms with Crippen LogP contribution < -0.4 is 5.32 Å². The van der Waals surface area contributed by atoms with Crippen LogP contribution in [0.5, 0.6) is 0 Å². The minimum Gasteiger partial charge on any atom is -0.449 e. The number of carbonyl (C=O) groups is 2. The van der Waals surface area contributed by atoms with Crippen molar-refractivity contribution in [2.75, 3.05) is 6.61 Å². The maximum atomic E-state index is 12.6. The fraction of sp³-hybridized carbons (Fsp3) is 0.200. The lowest BCUT2D eigenvalue weighted by Crippen LogP contribution is -2.35. The molecule has 4 heteroatoms. The Morgan fingerprint density at radius 2 is 1.54 bits per heavy atom. The number of unbranched alkanes of at least 4 members (excludes halogenated alkanes) is 1. The van der Waals surface area contributed by atoms with E-state index in [0.717, 1.165) is 11.1 Å². The molecule has 0 saturated carbocycles. The average Bonchev–Trinajstić information content (AvgIpc) is 2.61. The van der Waals surface area contributed by atoms with Crippen LogP contribution in [0.3, 0.4) is 0 Å². The largest absolute Gasteiger partial charge is 0.449 e.